The van der Waals surface area contributed by atoms with E-state index in [1.54, 1.807) is 0 Å². The molecule has 0 saturated carbocycles. The van der Waals surface area contributed by atoms with Crippen molar-refractivity contribution < 1.29 is 9.53 Å². The molecular weight excluding hydrogens is 579 g/mol. The van der Waals surface area contributed by atoms with Crippen LogP contribution in [0.4, 0.5) is 4.79 Å². The van der Waals surface area contributed by atoms with Crippen LogP contribution in [-0.2, 0) is 16.5 Å². The van der Waals surface area contributed by atoms with Gasteiger partial charge in [-0.05, 0) is 86.3 Å². The molecule has 0 spiro atoms. The van der Waals surface area contributed by atoms with Crippen molar-refractivity contribution in [3.05, 3.63) is 99.0 Å². The Hall–Kier alpha value is -3.06. The molecule has 2 atom stereocenters. The number of halogens is 2. The van der Waals surface area contributed by atoms with Gasteiger partial charge in [-0.2, -0.15) is 0 Å². The number of carbonyl (C=O) groups excluding carboxylic acids is 1. The molecule has 2 amide bonds. The zero-order chi connectivity index (χ0) is 31.2. The lowest BCUT2D eigenvalue weighted by atomic mass is 9.71. The molecule has 1 saturated heterocycles. The first-order chi connectivity index (χ1) is 20.3. The molecule has 2 aliphatic heterocycles. The molecule has 0 N–H and O–H groups in total. The first kappa shape index (κ1) is 31.4. The number of piperazine rings is 1. The van der Waals surface area contributed by atoms with Crippen molar-refractivity contribution in [1.29, 1.82) is 0 Å². The van der Waals surface area contributed by atoms with Crippen LogP contribution in [0.15, 0.2) is 71.7 Å². The summed E-state index contributed by atoms with van der Waals surface area (Å²) in [6.45, 7) is 16.1. The molecule has 228 valence electrons. The molecule has 8 heteroatoms. The number of amides is 2. The fourth-order valence-electron chi connectivity index (χ4n) is 6.15. The summed E-state index contributed by atoms with van der Waals surface area (Å²) in [7, 11) is 2.09. The zero-order valence-electron chi connectivity index (χ0n) is 26.2. The summed E-state index contributed by atoms with van der Waals surface area (Å²) in [5.41, 5.74) is 1.94. The van der Waals surface area contributed by atoms with Gasteiger partial charge in [-0.1, -0.05) is 74.3 Å². The molecule has 0 radical (unpaired) electrons. The standard InChI is InChI=1S/C35H42Cl2N4O2/c1-8-43-30-23-26(33(2,3)4)13-18-29(30)31-38-34(5,24-9-14-27(36)15-10-24)35(6,25-11-16-28(37)17-12-25)41(31)32(42)40-21-19-39(7)20-22-40/h9-18,23H,8,19-22H2,1-7H3. The average Bonchev–Trinajstić information content (AvgIpc) is 3.21. The Kier molecular flexibility index (Phi) is 8.60. The minimum absolute atomic E-state index is 0.0765. The van der Waals surface area contributed by atoms with E-state index in [2.05, 4.69) is 64.8 Å². The van der Waals surface area contributed by atoms with Crippen LogP contribution in [0.1, 0.15) is 63.8 Å². The van der Waals surface area contributed by atoms with E-state index in [1.165, 1.54) is 0 Å². The number of carbonyl (C=O) groups is 1. The van der Waals surface area contributed by atoms with Crippen LogP contribution in [0.25, 0.3) is 0 Å². The summed E-state index contributed by atoms with van der Waals surface area (Å²) in [5, 5.41) is 1.28. The third-order valence-corrected chi connectivity index (χ3v) is 9.61. The molecular formula is C35H42Cl2N4O2. The van der Waals surface area contributed by atoms with E-state index in [4.69, 9.17) is 32.9 Å². The maximum atomic E-state index is 14.9. The third kappa shape index (κ3) is 5.65. The minimum Gasteiger partial charge on any atom is -0.493 e. The Labute approximate surface area is 266 Å². The highest BCUT2D eigenvalue weighted by Gasteiger charge is 2.60. The van der Waals surface area contributed by atoms with Crippen LogP contribution >= 0.6 is 23.2 Å². The highest BCUT2D eigenvalue weighted by atomic mass is 35.5. The molecule has 3 aromatic rings. The molecule has 3 aromatic carbocycles. The van der Waals surface area contributed by atoms with Crippen LogP contribution in [0.2, 0.25) is 10.0 Å². The Morgan fingerprint density at radius 2 is 1.44 bits per heavy atom. The predicted molar refractivity (Wildman–Crippen MR) is 177 cm³/mol. The maximum absolute atomic E-state index is 14.9. The van der Waals surface area contributed by atoms with Gasteiger partial charge in [-0.3, -0.25) is 9.89 Å². The molecule has 2 unspecified atom stereocenters. The van der Waals surface area contributed by atoms with Crippen LogP contribution in [-0.4, -0.2) is 66.4 Å². The fraction of sp³-hybridized carbons (Fsp3) is 0.429. The second-order valence-corrected chi connectivity index (χ2v) is 13.8. The van der Waals surface area contributed by atoms with Gasteiger partial charge >= 0.3 is 6.03 Å². The summed E-state index contributed by atoms with van der Waals surface area (Å²) in [4.78, 5) is 26.5. The van der Waals surface area contributed by atoms with Crippen molar-refractivity contribution in [2.24, 2.45) is 4.99 Å². The molecule has 43 heavy (non-hydrogen) atoms. The predicted octanol–water partition coefficient (Wildman–Crippen LogP) is 7.95. The monoisotopic (exact) mass is 620 g/mol. The Bertz CT molecular complexity index is 1510. The van der Waals surface area contributed by atoms with Gasteiger partial charge in [0.25, 0.3) is 0 Å². The van der Waals surface area contributed by atoms with Crippen molar-refractivity contribution in [2.45, 2.75) is 58.0 Å². The molecule has 0 aliphatic carbocycles. The summed E-state index contributed by atoms with van der Waals surface area (Å²) < 4.78 is 6.28. The van der Waals surface area contributed by atoms with Crippen molar-refractivity contribution in [1.82, 2.24) is 14.7 Å². The topological polar surface area (TPSA) is 48.4 Å². The van der Waals surface area contributed by atoms with Gasteiger partial charge in [0, 0.05) is 36.2 Å². The normalized spacial score (nSPS) is 23.0. The van der Waals surface area contributed by atoms with Crippen LogP contribution in [0, 0.1) is 0 Å². The average molecular weight is 622 g/mol. The van der Waals surface area contributed by atoms with E-state index in [0.29, 0.717) is 41.3 Å². The molecule has 1 fully saturated rings. The Morgan fingerprint density at radius 1 is 0.884 bits per heavy atom. The number of hydrogen-bond donors (Lipinski definition) is 0. The number of hydrogen-bond acceptors (Lipinski definition) is 4. The first-order valence-electron chi connectivity index (χ1n) is 15.0. The molecule has 2 heterocycles. The third-order valence-electron chi connectivity index (χ3n) is 9.10. The summed E-state index contributed by atoms with van der Waals surface area (Å²) >= 11 is 12.7. The summed E-state index contributed by atoms with van der Waals surface area (Å²) in [6, 6.07) is 21.7. The van der Waals surface area contributed by atoms with Crippen molar-refractivity contribution >= 4 is 35.1 Å². The van der Waals surface area contributed by atoms with Gasteiger partial charge < -0.3 is 14.5 Å². The minimum atomic E-state index is -0.923. The van der Waals surface area contributed by atoms with E-state index in [1.807, 2.05) is 65.3 Å². The number of aliphatic imine (C=N–C) groups is 1. The highest BCUT2D eigenvalue weighted by Crippen LogP contribution is 2.54. The number of likely N-dealkylation sites (N-methyl/N-ethyl adjacent to an activating group) is 1. The molecule has 0 aromatic heterocycles. The molecule has 6 nitrogen and oxygen atoms in total. The lowest BCUT2D eigenvalue weighted by Crippen LogP contribution is -2.60. The van der Waals surface area contributed by atoms with Crippen molar-refractivity contribution in [2.75, 3.05) is 39.8 Å². The van der Waals surface area contributed by atoms with Gasteiger partial charge in [0.05, 0.1) is 12.2 Å². The molecule has 2 aliphatic rings. The largest absolute Gasteiger partial charge is 0.493 e. The van der Waals surface area contributed by atoms with E-state index in [0.717, 1.165) is 35.3 Å². The smallest absolute Gasteiger partial charge is 0.326 e. The van der Waals surface area contributed by atoms with Crippen molar-refractivity contribution in [3.63, 3.8) is 0 Å². The van der Waals surface area contributed by atoms with Gasteiger partial charge in [0.15, 0.2) is 0 Å². The van der Waals surface area contributed by atoms with Crippen LogP contribution < -0.4 is 4.74 Å². The second kappa shape index (κ2) is 11.8. The number of ether oxygens (including phenoxy) is 1. The van der Waals surface area contributed by atoms with E-state index in [9.17, 15) is 4.79 Å². The van der Waals surface area contributed by atoms with Gasteiger partial charge in [0.2, 0.25) is 0 Å². The SMILES string of the molecule is CCOc1cc(C(C)(C)C)ccc1C1=NC(C)(c2ccc(Cl)cc2)C(C)(c2ccc(Cl)cc2)N1C(=O)N1CCN(C)CC1. The van der Waals surface area contributed by atoms with E-state index >= 15 is 0 Å². The van der Waals surface area contributed by atoms with Gasteiger partial charge in [-0.25, -0.2) is 4.79 Å². The summed E-state index contributed by atoms with van der Waals surface area (Å²) in [6.07, 6.45) is 0. The highest BCUT2D eigenvalue weighted by molar-refractivity contribution is 6.30. The fourth-order valence-corrected chi connectivity index (χ4v) is 6.41. The van der Waals surface area contributed by atoms with Gasteiger partial charge in [-0.15, -0.1) is 0 Å². The number of amidine groups is 1. The number of rotatable bonds is 5. The number of urea groups is 1. The second-order valence-electron chi connectivity index (χ2n) is 12.9. The van der Waals surface area contributed by atoms with E-state index in [-0.39, 0.29) is 11.4 Å². The molecule has 0 bridgehead atoms. The quantitative estimate of drug-likeness (QED) is 0.291. The molecule has 5 rings (SSSR count). The van der Waals surface area contributed by atoms with Crippen LogP contribution in [0.5, 0.6) is 5.75 Å². The van der Waals surface area contributed by atoms with Crippen LogP contribution in [0.3, 0.4) is 0 Å². The Morgan fingerprint density at radius 3 is 1.98 bits per heavy atom. The first-order valence-corrected chi connectivity index (χ1v) is 15.7. The Balaban J connectivity index is 1.79. The lowest BCUT2D eigenvalue weighted by Gasteiger charge is -2.47. The zero-order valence-corrected chi connectivity index (χ0v) is 27.8. The maximum Gasteiger partial charge on any atom is 0.326 e. The number of benzene rings is 3. The van der Waals surface area contributed by atoms with E-state index < -0.39 is 11.1 Å². The summed E-state index contributed by atoms with van der Waals surface area (Å²) in [5.74, 6) is 1.30. The number of nitrogens with zero attached hydrogens (tertiary/aromatic N) is 4. The van der Waals surface area contributed by atoms with Crippen molar-refractivity contribution in [3.8, 4) is 5.75 Å². The lowest BCUT2D eigenvalue weighted by molar-refractivity contribution is 0.0917. The van der Waals surface area contributed by atoms with Gasteiger partial charge in [0.1, 0.15) is 22.7 Å².